The summed E-state index contributed by atoms with van der Waals surface area (Å²) in [6.07, 6.45) is 4.69. The predicted molar refractivity (Wildman–Crippen MR) is 99.2 cm³/mol. The quantitative estimate of drug-likeness (QED) is 0.935. The molecule has 0 aromatic carbocycles. The van der Waals surface area contributed by atoms with Crippen LogP contribution < -0.4 is 15.1 Å². The molecule has 5 heteroatoms. The average molecular weight is 319 g/mol. The summed E-state index contributed by atoms with van der Waals surface area (Å²) in [5.41, 5.74) is 3.20. The Morgan fingerprint density at radius 2 is 2.25 bits per heavy atom. The topological polar surface area (TPSA) is 44.3 Å². The van der Waals surface area contributed by atoms with Crippen LogP contribution in [0, 0.1) is 6.92 Å². The van der Waals surface area contributed by atoms with Gasteiger partial charge in [-0.3, -0.25) is 0 Å². The third-order valence-corrected chi connectivity index (χ3v) is 4.66. The van der Waals surface area contributed by atoms with Crippen molar-refractivity contribution < 1.29 is 0 Å². The maximum absolute atomic E-state index is 4.78. The van der Waals surface area contributed by atoms with Gasteiger partial charge >= 0.3 is 0 Å². The van der Waals surface area contributed by atoms with E-state index in [4.69, 9.17) is 4.98 Å². The van der Waals surface area contributed by atoms with Crippen LogP contribution in [0.1, 0.15) is 17.7 Å². The molecule has 122 valence electrons. The summed E-state index contributed by atoms with van der Waals surface area (Å²) in [5, 5.41) is 3.35. The third-order valence-electron chi connectivity index (χ3n) is 4.66. The normalized spacial score (nSPS) is 18.3. The van der Waals surface area contributed by atoms with E-state index in [0.717, 1.165) is 48.3 Å². The maximum atomic E-state index is 4.78. The first-order valence-electron chi connectivity index (χ1n) is 8.22. The van der Waals surface area contributed by atoms with Crippen molar-refractivity contribution in [3.05, 3.63) is 60.7 Å². The summed E-state index contributed by atoms with van der Waals surface area (Å²) in [6, 6.07) is 8.53. The molecule has 1 N–H and O–H groups in total. The lowest BCUT2D eigenvalue weighted by Crippen LogP contribution is -2.43. The minimum Gasteiger partial charge on any atom is -0.366 e. The average Bonchev–Trinajstić information content (AvgIpc) is 2.99. The van der Waals surface area contributed by atoms with E-state index in [9.17, 15) is 0 Å². The lowest BCUT2D eigenvalue weighted by atomic mass is 10.1. The van der Waals surface area contributed by atoms with E-state index in [1.54, 1.807) is 12.3 Å². The lowest BCUT2D eigenvalue weighted by molar-refractivity contribution is 0.676. The van der Waals surface area contributed by atoms with Gasteiger partial charge in [-0.25, -0.2) is 9.97 Å². The van der Waals surface area contributed by atoms with E-state index in [0.29, 0.717) is 6.04 Å². The Labute approximate surface area is 142 Å². The molecule has 4 rings (SSSR count). The van der Waals surface area contributed by atoms with Gasteiger partial charge in [0.25, 0.3) is 0 Å². The van der Waals surface area contributed by atoms with E-state index >= 15 is 0 Å². The van der Waals surface area contributed by atoms with Gasteiger partial charge in [-0.05, 0) is 49.2 Å². The van der Waals surface area contributed by atoms with Crippen molar-refractivity contribution in [1.29, 1.82) is 0 Å². The summed E-state index contributed by atoms with van der Waals surface area (Å²) >= 11 is 0. The van der Waals surface area contributed by atoms with E-state index in [1.807, 2.05) is 18.2 Å². The Hall–Kier alpha value is -2.82. The zero-order valence-corrected chi connectivity index (χ0v) is 13.9. The summed E-state index contributed by atoms with van der Waals surface area (Å²) in [5.74, 6) is 2.57. The van der Waals surface area contributed by atoms with E-state index in [2.05, 4.69) is 46.2 Å². The molecule has 0 aliphatic carbocycles. The monoisotopic (exact) mass is 319 g/mol. The van der Waals surface area contributed by atoms with Gasteiger partial charge in [0.05, 0.1) is 17.4 Å². The molecule has 4 heterocycles. The number of anilines is 3. The molecule has 5 nitrogen and oxygen atoms in total. The smallest absolute Gasteiger partial charge is 0.158 e. The molecule has 0 spiro atoms. The fraction of sp³-hybridized carbons (Fsp3) is 0.263. The van der Waals surface area contributed by atoms with Gasteiger partial charge in [-0.15, -0.1) is 0 Å². The Morgan fingerprint density at radius 1 is 1.38 bits per heavy atom. The molecule has 0 radical (unpaired) electrons. The van der Waals surface area contributed by atoms with Crippen LogP contribution in [0.15, 0.2) is 49.4 Å². The van der Waals surface area contributed by atoms with Crippen LogP contribution >= 0.6 is 0 Å². The second-order valence-electron chi connectivity index (χ2n) is 6.33. The van der Waals surface area contributed by atoms with Crippen LogP contribution in [0.2, 0.25) is 0 Å². The van der Waals surface area contributed by atoms with Gasteiger partial charge in [0, 0.05) is 19.3 Å². The van der Waals surface area contributed by atoms with Crippen LogP contribution in [0.5, 0.6) is 0 Å². The number of pyridine rings is 2. The number of hydrogen-bond donors (Lipinski definition) is 1. The first kappa shape index (κ1) is 14.8. The zero-order valence-electron chi connectivity index (χ0n) is 13.9. The van der Waals surface area contributed by atoms with E-state index in [1.165, 1.54) is 5.56 Å². The fourth-order valence-corrected chi connectivity index (χ4v) is 3.50. The second kappa shape index (κ2) is 5.67. The predicted octanol–water partition coefficient (Wildman–Crippen LogP) is 3.41. The molecule has 1 fully saturated rings. The van der Waals surface area contributed by atoms with E-state index < -0.39 is 0 Å². The van der Waals surface area contributed by atoms with Crippen molar-refractivity contribution in [1.82, 2.24) is 9.97 Å². The molecule has 2 aromatic rings. The standard InChI is InChI=1S/C19H21N5/c1-4-15-5-6-17-19(22-15)24(16-8-10-23(17)12-16)14(3)21-18-11-13(2)7-9-20-18/h4-7,9,11,16H,1,3,8,10,12H2,2H3,(H,20,21). The van der Waals surface area contributed by atoms with Crippen molar-refractivity contribution >= 4 is 23.4 Å². The Bertz CT molecular complexity index is 813. The van der Waals surface area contributed by atoms with Crippen LogP contribution in [-0.2, 0) is 0 Å². The minimum absolute atomic E-state index is 0.384. The molecule has 2 aromatic heterocycles. The molecule has 0 amide bonds. The van der Waals surface area contributed by atoms with Gasteiger partial charge in [0.15, 0.2) is 5.82 Å². The Kier molecular flexibility index (Phi) is 3.49. The first-order valence-corrected chi connectivity index (χ1v) is 8.22. The molecule has 0 saturated carbocycles. The Balaban J connectivity index is 1.70. The summed E-state index contributed by atoms with van der Waals surface area (Å²) in [6.45, 7) is 12.2. The van der Waals surface area contributed by atoms with Crippen LogP contribution in [-0.4, -0.2) is 29.1 Å². The molecule has 1 saturated heterocycles. The number of aromatic nitrogens is 2. The zero-order chi connectivity index (χ0) is 16.7. The Morgan fingerprint density at radius 3 is 3.04 bits per heavy atom. The molecular weight excluding hydrogens is 298 g/mol. The molecule has 24 heavy (non-hydrogen) atoms. The fourth-order valence-electron chi connectivity index (χ4n) is 3.50. The van der Waals surface area contributed by atoms with Crippen LogP contribution in [0.4, 0.5) is 17.3 Å². The highest BCUT2D eigenvalue weighted by Crippen LogP contribution is 2.40. The van der Waals surface area contributed by atoms with Crippen molar-refractivity contribution in [3.63, 3.8) is 0 Å². The summed E-state index contributed by atoms with van der Waals surface area (Å²) in [7, 11) is 0. The van der Waals surface area contributed by atoms with Crippen LogP contribution in [0.25, 0.3) is 6.08 Å². The molecular formula is C19H21N5. The SMILES string of the molecule is C=Cc1ccc2c(n1)N(C(=C)Nc1cc(C)ccn1)C1CCN2C1. The van der Waals surface area contributed by atoms with Gasteiger partial charge in [-0.2, -0.15) is 0 Å². The van der Waals surface area contributed by atoms with E-state index in [-0.39, 0.29) is 0 Å². The first-order chi connectivity index (χ1) is 11.7. The third kappa shape index (κ3) is 2.42. The minimum atomic E-state index is 0.384. The number of fused-ring (bicyclic) bond motifs is 4. The molecule has 1 unspecified atom stereocenters. The number of rotatable bonds is 4. The second-order valence-corrected chi connectivity index (χ2v) is 6.33. The van der Waals surface area contributed by atoms with Gasteiger partial charge < -0.3 is 15.1 Å². The number of nitrogens with zero attached hydrogens (tertiary/aromatic N) is 4. The number of nitrogens with one attached hydrogen (secondary N) is 1. The van der Waals surface area contributed by atoms with Crippen LogP contribution in [0.3, 0.4) is 0 Å². The highest BCUT2D eigenvalue weighted by Gasteiger charge is 2.38. The number of hydrogen-bond acceptors (Lipinski definition) is 5. The molecule has 2 bridgehead atoms. The highest BCUT2D eigenvalue weighted by molar-refractivity contribution is 5.76. The summed E-state index contributed by atoms with van der Waals surface area (Å²) in [4.78, 5) is 13.8. The van der Waals surface area contributed by atoms with Crippen molar-refractivity contribution in [3.8, 4) is 0 Å². The largest absolute Gasteiger partial charge is 0.366 e. The maximum Gasteiger partial charge on any atom is 0.158 e. The van der Waals surface area contributed by atoms with Crippen molar-refractivity contribution in [2.45, 2.75) is 19.4 Å². The van der Waals surface area contributed by atoms with Crippen molar-refractivity contribution in [2.75, 3.05) is 28.2 Å². The number of aryl methyl sites for hydroxylation is 1. The summed E-state index contributed by atoms with van der Waals surface area (Å²) < 4.78 is 0. The lowest BCUT2D eigenvalue weighted by Gasteiger charge is -2.38. The molecule has 1 atom stereocenters. The van der Waals surface area contributed by atoms with Gasteiger partial charge in [0.2, 0.25) is 0 Å². The van der Waals surface area contributed by atoms with Gasteiger partial charge in [-0.1, -0.05) is 13.2 Å². The molecule has 2 aliphatic heterocycles. The van der Waals surface area contributed by atoms with Crippen molar-refractivity contribution in [2.24, 2.45) is 0 Å². The van der Waals surface area contributed by atoms with Gasteiger partial charge in [0.1, 0.15) is 11.6 Å². The highest BCUT2D eigenvalue weighted by atomic mass is 15.4. The molecule has 2 aliphatic rings.